The van der Waals surface area contributed by atoms with Gasteiger partial charge in [0.15, 0.2) is 6.29 Å². The molecule has 1 aliphatic carbocycles. The number of rotatable bonds is 2. The molecule has 2 heterocycles. The van der Waals surface area contributed by atoms with E-state index in [-0.39, 0.29) is 0 Å². The Balaban J connectivity index is 1.86. The number of carbonyl (C=O) groups is 1. The van der Waals surface area contributed by atoms with Crippen LogP contribution in [0, 0.1) is 5.92 Å². The van der Waals surface area contributed by atoms with E-state index in [2.05, 4.69) is 4.90 Å². The second-order valence-electron chi connectivity index (χ2n) is 5.70. The van der Waals surface area contributed by atoms with Crippen LogP contribution in [0.1, 0.15) is 29.6 Å². The van der Waals surface area contributed by atoms with Gasteiger partial charge in [0.05, 0.1) is 11.1 Å². The molecule has 1 aromatic heterocycles. The zero-order valence-electron chi connectivity index (χ0n) is 10.7. The van der Waals surface area contributed by atoms with Gasteiger partial charge in [0.2, 0.25) is 0 Å². The summed E-state index contributed by atoms with van der Waals surface area (Å²) in [6.45, 7) is 1.07. The number of aromatic nitrogens is 1. The van der Waals surface area contributed by atoms with E-state index in [1.165, 1.54) is 19.3 Å². The molecule has 1 aliphatic heterocycles. The summed E-state index contributed by atoms with van der Waals surface area (Å²) in [6.07, 6.45) is 4.80. The summed E-state index contributed by atoms with van der Waals surface area (Å²) in [5.74, 6) is 1.69. The monoisotopic (exact) mass is 252 g/mol. The molecular formula is C16H16N2O. The third kappa shape index (κ3) is 1.65. The average molecular weight is 252 g/mol. The smallest absolute Gasteiger partial charge is 0.153 e. The number of pyridine rings is 1. The topological polar surface area (TPSA) is 33.2 Å². The van der Waals surface area contributed by atoms with E-state index in [1.54, 1.807) is 0 Å². The van der Waals surface area contributed by atoms with Gasteiger partial charge in [0.1, 0.15) is 5.82 Å². The van der Waals surface area contributed by atoms with Gasteiger partial charge in [-0.1, -0.05) is 18.2 Å². The van der Waals surface area contributed by atoms with Crippen LogP contribution in [0.2, 0.25) is 0 Å². The molecule has 1 saturated carbocycles. The van der Waals surface area contributed by atoms with Crippen molar-refractivity contribution in [3.05, 3.63) is 35.9 Å². The van der Waals surface area contributed by atoms with Crippen molar-refractivity contribution in [3.8, 4) is 0 Å². The van der Waals surface area contributed by atoms with Crippen molar-refractivity contribution in [3.63, 3.8) is 0 Å². The highest BCUT2D eigenvalue weighted by Gasteiger charge is 2.39. The Morgan fingerprint density at radius 3 is 2.89 bits per heavy atom. The molecule has 0 N–H and O–H groups in total. The van der Waals surface area contributed by atoms with Crippen molar-refractivity contribution >= 4 is 23.0 Å². The van der Waals surface area contributed by atoms with E-state index in [1.807, 2.05) is 30.3 Å². The number of hydrogen-bond acceptors (Lipinski definition) is 3. The Morgan fingerprint density at radius 2 is 2.16 bits per heavy atom. The average Bonchev–Trinajstić information content (AvgIpc) is 3.08. The van der Waals surface area contributed by atoms with E-state index in [0.717, 1.165) is 41.0 Å². The van der Waals surface area contributed by atoms with Crippen LogP contribution in [0.5, 0.6) is 0 Å². The third-order valence-electron chi connectivity index (χ3n) is 4.54. The van der Waals surface area contributed by atoms with Crippen LogP contribution in [0.25, 0.3) is 10.9 Å². The molecule has 19 heavy (non-hydrogen) atoms. The summed E-state index contributed by atoms with van der Waals surface area (Å²) in [5.41, 5.74) is 1.71. The number of anilines is 1. The van der Waals surface area contributed by atoms with Crippen LogP contribution < -0.4 is 4.90 Å². The van der Waals surface area contributed by atoms with Crippen LogP contribution in [0.4, 0.5) is 5.82 Å². The quantitative estimate of drug-likeness (QED) is 0.770. The van der Waals surface area contributed by atoms with Gasteiger partial charge in [0.25, 0.3) is 0 Å². The third-order valence-corrected chi connectivity index (χ3v) is 4.54. The van der Waals surface area contributed by atoms with Crippen LogP contribution in [0.15, 0.2) is 30.3 Å². The van der Waals surface area contributed by atoms with E-state index in [0.29, 0.717) is 6.04 Å². The first-order chi connectivity index (χ1) is 9.35. The second-order valence-corrected chi connectivity index (χ2v) is 5.70. The van der Waals surface area contributed by atoms with Crippen molar-refractivity contribution in [1.29, 1.82) is 0 Å². The zero-order valence-corrected chi connectivity index (χ0v) is 10.7. The van der Waals surface area contributed by atoms with Crippen LogP contribution >= 0.6 is 0 Å². The lowest BCUT2D eigenvalue weighted by Gasteiger charge is -2.29. The van der Waals surface area contributed by atoms with Gasteiger partial charge in [-0.2, -0.15) is 0 Å². The highest BCUT2D eigenvalue weighted by atomic mass is 16.1. The fourth-order valence-corrected chi connectivity index (χ4v) is 3.62. The Labute approximate surface area is 112 Å². The van der Waals surface area contributed by atoms with Gasteiger partial charge in [-0.05, 0) is 37.3 Å². The Kier molecular flexibility index (Phi) is 2.34. The maximum absolute atomic E-state index is 11.4. The molecule has 2 atom stereocenters. The molecular weight excluding hydrogens is 236 g/mol. The maximum atomic E-state index is 11.4. The van der Waals surface area contributed by atoms with Crippen molar-refractivity contribution in [2.75, 3.05) is 11.4 Å². The van der Waals surface area contributed by atoms with E-state index >= 15 is 0 Å². The van der Waals surface area contributed by atoms with Crippen molar-refractivity contribution < 1.29 is 4.79 Å². The molecule has 0 spiro atoms. The number of nitrogens with zero attached hydrogens (tertiary/aromatic N) is 2. The van der Waals surface area contributed by atoms with Gasteiger partial charge in [-0.3, -0.25) is 4.79 Å². The Bertz CT molecular complexity index is 652. The summed E-state index contributed by atoms with van der Waals surface area (Å²) in [6, 6.07) is 10.6. The number of para-hydroxylation sites is 1. The molecule has 2 fully saturated rings. The molecule has 96 valence electrons. The summed E-state index contributed by atoms with van der Waals surface area (Å²) >= 11 is 0. The maximum Gasteiger partial charge on any atom is 0.153 e. The van der Waals surface area contributed by atoms with Crippen molar-refractivity contribution in [1.82, 2.24) is 4.98 Å². The molecule has 0 radical (unpaired) electrons. The number of piperidine rings is 1. The SMILES string of the molecule is O=Cc1cc2ccccc2nc1N1CC2CCC1C2. The number of fused-ring (bicyclic) bond motifs is 3. The molecule has 2 bridgehead atoms. The first-order valence-electron chi connectivity index (χ1n) is 6.97. The van der Waals surface area contributed by atoms with Crippen LogP contribution in [-0.4, -0.2) is 23.9 Å². The largest absolute Gasteiger partial charge is 0.353 e. The van der Waals surface area contributed by atoms with Gasteiger partial charge in [-0.15, -0.1) is 0 Å². The first-order valence-corrected chi connectivity index (χ1v) is 6.97. The second kappa shape index (κ2) is 4.05. The molecule has 2 aromatic rings. The lowest BCUT2D eigenvalue weighted by molar-refractivity contribution is 0.112. The molecule has 4 rings (SSSR count). The van der Waals surface area contributed by atoms with Crippen molar-refractivity contribution in [2.24, 2.45) is 5.92 Å². The normalized spacial score (nSPS) is 25.2. The molecule has 3 heteroatoms. The number of carbonyl (C=O) groups excluding carboxylic acids is 1. The number of hydrogen-bond donors (Lipinski definition) is 0. The van der Waals surface area contributed by atoms with Crippen molar-refractivity contribution in [2.45, 2.75) is 25.3 Å². The molecule has 0 amide bonds. The molecule has 1 saturated heterocycles. The van der Waals surface area contributed by atoms with E-state index in [4.69, 9.17) is 4.98 Å². The number of benzene rings is 1. The molecule has 1 aromatic carbocycles. The van der Waals surface area contributed by atoms with E-state index < -0.39 is 0 Å². The Morgan fingerprint density at radius 1 is 1.26 bits per heavy atom. The predicted octanol–water partition coefficient (Wildman–Crippen LogP) is 3.04. The fourth-order valence-electron chi connectivity index (χ4n) is 3.62. The summed E-state index contributed by atoms with van der Waals surface area (Å²) < 4.78 is 0. The summed E-state index contributed by atoms with van der Waals surface area (Å²) in [5, 5.41) is 1.04. The molecule has 2 aliphatic rings. The minimum atomic E-state index is 0.595. The minimum absolute atomic E-state index is 0.595. The summed E-state index contributed by atoms with van der Waals surface area (Å²) in [7, 11) is 0. The summed E-state index contributed by atoms with van der Waals surface area (Å²) in [4.78, 5) is 18.5. The standard InChI is InChI=1S/C16H16N2O/c19-10-13-8-12-3-1-2-4-15(12)17-16(13)18-9-11-5-6-14(18)7-11/h1-4,8,10-11,14H,5-7,9H2. The highest BCUT2D eigenvalue weighted by Crippen LogP contribution is 2.40. The lowest BCUT2D eigenvalue weighted by Crippen LogP contribution is -2.33. The van der Waals surface area contributed by atoms with Gasteiger partial charge in [0, 0.05) is 18.0 Å². The van der Waals surface area contributed by atoms with Crippen LogP contribution in [0.3, 0.4) is 0 Å². The highest BCUT2D eigenvalue weighted by molar-refractivity contribution is 5.92. The number of aldehydes is 1. The zero-order chi connectivity index (χ0) is 12.8. The predicted molar refractivity (Wildman–Crippen MR) is 75.6 cm³/mol. The van der Waals surface area contributed by atoms with Gasteiger partial charge < -0.3 is 4.90 Å². The fraction of sp³-hybridized carbons (Fsp3) is 0.375. The molecule has 3 nitrogen and oxygen atoms in total. The van der Waals surface area contributed by atoms with Gasteiger partial charge in [-0.25, -0.2) is 4.98 Å². The molecule has 2 unspecified atom stereocenters. The first kappa shape index (κ1) is 11.0. The van der Waals surface area contributed by atoms with E-state index in [9.17, 15) is 4.79 Å². The minimum Gasteiger partial charge on any atom is -0.353 e. The van der Waals surface area contributed by atoms with Crippen LogP contribution in [-0.2, 0) is 0 Å². The lowest BCUT2D eigenvalue weighted by atomic mass is 10.1. The van der Waals surface area contributed by atoms with Gasteiger partial charge >= 0.3 is 0 Å². The Hall–Kier alpha value is -1.90.